The van der Waals surface area contributed by atoms with Gasteiger partial charge in [0.05, 0.1) is 0 Å². The van der Waals surface area contributed by atoms with Gasteiger partial charge in [0.15, 0.2) is 0 Å². The van der Waals surface area contributed by atoms with E-state index in [1.807, 2.05) is 13.8 Å². The molecule has 0 amide bonds. The minimum atomic E-state index is 0.291. The van der Waals surface area contributed by atoms with Crippen LogP contribution in [0, 0.1) is 20.8 Å². The maximum atomic E-state index is 9.66. The average molecular weight is 242 g/mol. The predicted molar refractivity (Wildman–Crippen MR) is 73.2 cm³/mol. The summed E-state index contributed by atoms with van der Waals surface area (Å²) in [5.74, 6) is 0.588. The summed E-state index contributed by atoms with van der Waals surface area (Å²) in [6, 6.07) is 9.13. The van der Waals surface area contributed by atoms with Crippen LogP contribution < -0.4 is 0 Å². The summed E-state index contributed by atoms with van der Waals surface area (Å²) in [7, 11) is 0. The third kappa shape index (κ3) is 2.65. The van der Waals surface area contributed by atoms with E-state index in [1.165, 1.54) is 5.56 Å². The standard InChI is InChI=1S/C16H18O2/c1-10-4-13(8-15(17)5-10)7-14-9-16(18)6-11(2)12(14)3/h4-6,8-9,17-18H,7H2,1-3H3. The van der Waals surface area contributed by atoms with Gasteiger partial charge in [-0.3, -0.25) is 0 Å². The number of aromatic hydroxyl groups is 2. The van der Waals surface area contributed by atoms with Crippen molar-refractivity contribution in [3.05, 3.63) is 58.1 Å². The minimum absolute atomic E-state index is 0.291. The van der Waals surface area contributed by atoms with E-state index in [1.54, 1.807) is 24.3 Å². The maximum absolute atomic E-state index is 9.66. The Bertz CT molecular complexity index is 566. The molecule has 0 atom stereocenters. The van der Waals surface area contributed by atoms with Gasteiger partial charge in [-0.1, -0.05) is 6.07 Å². The van der Waals surface area contributed by atoms with Crippen molar-refractivity contribution in [2.24, 2.45) is 0 Å². The molecule has 0 saturated carbocycles. The fraction of sp³-hybridized carbons (Fsp3) is 0.250. The van der Waals surface area contributed by atoms with Gasteiger partial charge < -0.3 is 10.2 Å². The molecule has 0 saturated heterocycles. The molecular formula is C16H18O2. The molecule has 0 radical (unpaired) electrons. The number of hydrogen-bond acceptors (Lipinski definition) is 2. The van der Waals surface area contributed by atoms with Crippen LogP contribution in [0.25, 0.3) is 0 Å². The van der Waals surface area contributed by atoms with E-state index in [0.717, 1.165) is 28.7 Å². The van der Waals surface area contributed by atoms with Gasteiger partial charge >= 0.3 is 0 Å². The van der Waals surface area contributed by atoms with Gasteiger partial charge in [-0.05, 0) is 79.3 Å². The zero-order chi connectivity index (χ0) is 13.3. The Kier molecular flexibility index (Phi) is 3.28. The molecule has 0 unspecified atom stereocenters. The Morgan fingerprint density at radius 1 is 0.833 bits per heavy atom. The highest BCUT2D eigenvalue weighted by Crippen LogP contribution is 2.24. The molecular weight excluding hydrogens is 224 g/mol. The average Bonchev–Trinajstić information content (AvgIpc) is 2.23. The Morgan fingerprint density at radius 3 is 2.17 bits per heavy atom. The maximum Gasteiger partial charge on any atom is 0.116 e. The molecule has 0 bridgehead atoms. The van der Waals surface area contributed by atoms with Crippen molar-refractivity contribution in [2.45, 2.75) is 27.2 Å². The first-order valence-corrected chi connectivity index (χ1v) is 6.04. The molecule has 0 heterocycles. The van der Waals surface area contributed by atoms with Gasteiger partial charge in [-0.2, -0.15) is 0 Å². The molecule has 0 aliphatic rings. The van der Waals surface area contributed by atoms with Gasteiger partial charge in [0.25, 0.3) is 0 Å². The van der Waals surface area contributed by atoms with Crippen LogP contribution in [-0.4, -0.2) is 10.2 Å². The molecule has 0 aromatic heterocycles. The van der Waals surface area contributed by atoms with E-state index in [4.69, 9.17) is 0 Å². The van der Waals surface area contributed by atoms with Crippen LogP contribution in [0.2, 0.25) is 0 Å². The topological polar surface area (TPSA) is 40.5 Å². The summed E-state index contributed by atoms with van der Waals surface area (Å²) in [5, 5.41) is 19.3. The zero-order valence-electron chi connectivity index (χ0n) is 11.0. The lowest BCUT2D eigenvalue weighted by molar-refractivity contribution is 0.474. The second-order valence-corrected chi connectivity index (χ2v) is 4.90. The van der Waals surface area contributed by atoms with E-state index in [9.17, 15) is 10.2 Å². The van der Waals surface area contributed by atoms with Crippen molar-refractivity contribution in [1.29, 1.82) is 0 Å². The summed E-state index contributed by atoms with van der Waals surface area (Å²) in [5.41, 5.74) is 5.47. The SMILES string of the molecule is Cc1cc(O)cc(Cc2cc(O)cc(C)c2C)c1. The van der Waals surface area contributed by atoms with Crippen molar-refractivity contribution in [1.82, 2.24) is 0 Å². The number of phenolic OH excluding ortho intramolecular Hbond substituents is 2. The quantitative estimate of drug-likeness (QED) is 0.844. The van der Waals surface area contributed by atoms with Crippen molar-refractivity contribution in [2.75, 3.05) is 0 Å². The van der Waals surface area contributed by atoms with E-state index in [2.05, 4.69) is 13.0 Å². The lowest BCUT2D eigenvalue weighted by Crippen LogP contribution is -1.95. The molecule has 0 fully saturated rings. The highest BCUT2D eigenvalue weighted by molar-refractivity contribution is 5.44. The number of hydrogen-bond donors (Lipinski definition) is 2. The Hall–Kier alpha value is -1.96. The summed E-state index contributed by atoms with van der Waals surface area (Å²) in [4.78, 5) is 0. The number of rotatable bonds is 2. The van der Waals surface area contributed by atoms with Crippen LogP contribution in [0.15, 0.2) is 30.3 Å². The predicted octanol–water partition coefficient (Wildman–Crippen LogP) is 3.61. The van der Waals surface area contributed by atoms with Gasteiger partial charge in [0.2, 0.25) is 0 Å². The fourth-order valence-electron chi connectivity index (χ4n) is 2.26. The minimum Gasteiger partial charge on any atom is -0.508 e. The first kappa shape index (κ1) is 12.5. The second kappa shape index (κ2) is 4.73. The molecule has 0 aliphatic carbocycles. The third-order valence-electron chi connectivity index (χ3n) is 3.28. The first-order valence-electron chi connectivity index (χ1n) is 6.04. The van der Waals surface area contributed by atoms with Crippen LogP contribution in [0.5, 0.6) is 11.5 Å². The van der Waals surface area contributed by atoms with E-state index in [0.29, 0.717) is 11.5 Å². The number of aryl methyl sites for hydroxylation is 2. The van der Waals surface area contributed by atoms with Crippen LogP contribution in [-0.2, 0) is 6.42 Å². The van der Waals surface area contributed by atoms with E-state index < -0.39 is 0 Å². The summed E-state index contributed by atoms with van der Waals surface area (Å²) >= 11 is 0. The zero-order valence-corrected chi connectivity index (χ0v) is 11.0. The van der Waals surface area contributed by atoms with Crippen molar-refractivity contribution < 1.29 is 10.2 Å². The Balaban J connectivity index is 2.39. The molecule has 2 N–H and O–H groups in total. The van der Waals surface area contributed by atoms with E-state index >= 15 is 0 Å². The molecule has 0 spiro atoms. The Labute approximate surface area is 108 Å². The Morgan fingerprint density at radius 2 is 1.50 bits per heavy atom. The van der Waals surface area contributed by atoms with Crippen LogP contribution in [0.4, 0.5) is 0 Å². The summed E-state index contributed by atoms with van der Waals surface area (Å²) in [6.45, 7) is 6.01. The van der Waals surface area contributed by atoms with Gasteiger partial charge in [-0.25, -0.2) is 0 Å². The first-order chi connectivity index (χ1) is 8.45. The normalized spacial score (nSPS) is 10.6. The van der Waals surface area contributed by atoms with Gasteiger partial charge in [-0.15, -0.1) is 0 Å². The number of phenols is 2. The lowest BCUT2D eigenvalue weighted by atomic mass is 9.96. The van der Waals surface area contributed by atoms with Crippen LogP contribution in [0.1, 0.15) is 27.8 Å². The molecule has 18 heavy (non-hydrogen) atoms. The molecule has 94 valence electrons. The smallest absolute Gasteiger partial charge is 0.116 e. The van der Waals surface area contributed by atoms with E-state index in [-0.39, 0.29) is 0 Å². The largest absolute Gasteiger partial charge is 0.508 e. The molecule has 2 rings (SSSR count). The highest BCUT2D eigenvalue weighted by Gasteiger charge is 2.06. The second-order valence-electron chi connectivity index (χ2n) is 4.90. The summed E-state index contributed by atoms with van der Waals surface area (Å²) < 4.78 is 0. The third-order valence-corrected chi connectivity index (χ3v) is 3.28. The lowest BCUT2D eigenvalue weighted by Gasteiger charge is -2.11. The van der Waals surface area contributed by atoms with Crippen molar-refractivity contribution >= 4 is 0 Å². The van der Waals surface area contributed by atoms with Crippen molar-refractivity contribution in [3.8, 4) is 11.5 Å². The molecule has 2 aromatic rings. The molecule has 2 nitrogen and oxygen atoms in total. The molecule has 2 heteroatoms. The number of benzene rings is 2. The monoisotopic (exact) mass is 242 g/mol. The highest BCUT2D eigenvalue weighted by atomic mass is 16.3. The molecule has 0 aliphatic heterocycles. The summed E-state index contributed by atoms with van der Waals surface area (Å²) in [6.07, 6.45) is 0.719. The van der Waals surface area contributed by atoms with Crippen LogP contribution in [0.3, 0.4) is 0 Å². The molecule has 2 aromatic carbocycles. The van der Waals surface area contributed by atoms with Gasteiger partial charge in [0, 0.05) is 0 Å². The van der Waals surface area contributed by atoms with Crippen LogP contribution >= 0.6 is 0 Å². The van der Waals surface area contributed by atoms with Crippen molar-refractivity contribution in [3.63, 3.8) is 0 Å². The fourth-order valence-corrected chi connectivity index (χ4v) is 2.26. The van der Waals surface area contributed by atoms with Gasteiger partial charge in [0.1, 0.15) is 11.5 Å².